The second-order valence-electron chi connectivity index (χ2n) is 5.32. The Morgan fingerprint density at radius 3 is 2.27 bits per heavy atom. The molecule has 0 saturated carbocycles. The maximum atomic E-state index is 6.13. The highest BCUT2D eigenvalue weighted by Crippen LogP contribution is 2.25. The van der Waals surface area contributed by atoms with Gasteiger partial charge in [-0.2, -0.15) is 0 Å². The van der Waals surface area contributed by atoms with Crippen molar-refractivity contribution < 1.29 is 4.74 Å². The van der Waals surface area contributed by atoms with E-state index < -0.39 is 0 Å². The molecule has 2 rings (SSSR count). The van der Waals surface area contributed by atoms with E-state index in [4.69, 9.17) is 27.9 Å². The van der Waals surface area contributed by atoms with Crippen LogP contribution in [0.1, 0.15) is 31.4 Å². The Kier molecular flexibility index (Phi) is 6.56. The lowest BCUT2D eigenvalue weighted by Gasteiger charge is -2.12. The molecule has 0 fully saturated rings. The first-order valence-electron chi connectivity index (χ1n) is 7.48. The number of ether oxygens (including phenoxy) is 1. The first-order chi connectivity index (χ1) is 10.6. The quantitative estimate of drug-likeness (QED) is 0.724. The minimum atomic E-state index is 0.364. The van der Waals surface area contributed by atoms with Gasteiger partial charge in [-0.25, -0.2) is 0 Å². The minimum Gasteiger partial charge on any atom is -0.489 e. The zero-order valence-corrected chi connectivity index (χ0v) is 14.4. The Bertz CT molecular complexity index is 578. The van der Waals surface area contributed by atoms with Crippen LogP contribution in [0.2, 0.25) is 10.0 Å². The summed E-state index contributed by atoms with van der Waals surface area (Å²) in [6.07, 6.45) is 1.12. The zero-order chi connectivity index (χ0) is 15.9. The van der Waals surface area contributed by atoms with Crippen LogP contribution in [0, 0.1) is 0 Å². The molecule has 0 bridgehead atoms. The summed E-state index contributed by atoms with van der Waals surface area (Å²) in [5.74, 6) is 0.809. The normalized spacial score (nSPS) is 12.2. The lowest BCUT2D eigenvalue weighted by molar-refractivity contribution is 0.306. The van der Waals surface area contributed by atoms with Gasteiger partial charge in [0.1, 0.15) is 12.4 Å². The fourth-order valence-electron chi connectivity index (χ4n) is 1.97. The summed E-state index contributed by atoms with van der Waals surface area (Å²) in [7, 11) is 0. The van der Waals surface area contributed by atoms with Crippen molar-refractivity contribution in [3.63, 3.8) is 0 Å². The molecular formula is C18H21Cl2NO. The SMILES string of the molecule is CC[C@H](C)NCc1ccc(OCc2c(Cl)cccc2Cl)cc1. The molecule has 0 aliphatic rings. The number of nitrogens with one attached hydrogen (secondary N) is 1. The van der Waals surface area contributed by atoms with Crippen molar-refractivity contribution >= 4 is 23.2 Å². The van der Waals surface area contributed by atoms with Crippen molar-refractivity contribution in [2.45, 2.75) is 39.5 Å². The Balaban J connectivity index is 1.91. The maximum Gasteiger partial charge on any atom is 0.119 e. The van der Waals surface area contributed by atoms with Gasteiger partial charge >= 0.3 is 0 Å². The molecule has 0 aromatic heterocycles. The van der Waals surface area contributed by atoms with Crippen molar-refractivity contribution in [1.29, 1.82) is 0 Å². The minimum absolute atomic E-state index is 0.364. The molecule has 0 radical (unpaired) electrons. The van der Waals surface area contributed by atoms with Crippen molar-refractivity contribution in [2.75, 3.05) is 0 Å². The van der Waals surface area contributed by atoms with Crippen LogP contribution in [0.4, 0.5) is 0 Å². The number of hydrogen-bond acceptors (Lipinski definition) is 2. The molecular weight excluding hydrogens is 317 g/mol. The Hall–Kier alpha value is -1.22. The molecule has 0 spiro atoms. The molecule has 118 valence electrons. The summed E-state index contributed by atoms with van der Waals surface area (Å²) in [5.41, 5.74) is 2.05. The lowest BCUT2D eigenvalue weighted by atomic mass is 10.2. The largest absolute Gasteiger partial charge is 0.489 e. The Morgan fingerprint density at radius 2 is 1.68 bits per heavy atom. The van der Waals surface area contributed by atoms with Gasteiger partial charge in [-0.1, -0.05) is 48.3 Å². The topological polar surface area (TPSA) is 21.3 Å². The van der Waals surface area contributed by atoms with Gasteiger partial charge in [0, 0.05) is 28.2 Å². The third-order valence-corrected chi connectivity index (χ3v) is 4.34. The fourth-order valence-corrected chi connectivity index (χ4v) is 2.47. The van der Waals surface area contributed by atoms with E-state index in [9.17, 15) is 0 Å². The van der Waals surface area contributed by atoms with Crippen LogP contribution in [-0.2, 0) is 13.2 Å². The van der Waals surface area contributed by atoms with E-state index in [0.717, 1.165) is 24.3 Å². The van der Waals surface area contributed by atoms with Crippen molar-refractivity contribution in [1.82, 2.24) is 5.32 Å². The van der Waals surface area contributed by atoms with Gasteiger partial charge in [0.25, 0.3) is 0 Å². The average Bonchev–Trinajstić information content (AvgIpc) is 2.53. The van der Waals surface area contributed by atoms with Gasteiger partial charge in [0.15, 0.2) is 0 Å². The van der Waals surface area contributed by atoms with E-state index in [2.05, 4.69) is 31.3 Å². The van der Waals surface area contributed by atoms with E-state index in [-0.39, 0.29) is 0 Å². The standard InChI is InChI=1S/C18H21Cl2NO/c1-3-13(2)21-11-14-7-9-15(10-8-14)22-12-16-17(19)5-4-6-18(16)20/h4-10,13,21H,3,11-12H2,1-2H3/t13-/m0/s1. The van der Waals surface area contributed by atoms with Gasteiger partial charge in [-0.05, 0) is 43.2 Å². The molecule has 0 aliphatic carbocycles. The number of rotatable bonds is 7. The summed E-state index contributed by atoms with van der Waals surface area (Å²) < 4.78 is 5.77. The van der Waals surface area contributed by atoms with Crippen molar-refractivity contribution in [3.05, 3.63) is 63.6 Å². The van der Waals surface area contributed by atoms with E-state index in [0.29, 0.717) is 22.7 Å². The number of halogens is 2. The molecule has 0 heterocycles. The summed E-state index contributed by atoms with van der Waals surface area (Å²) in [6.45, 7) is 5.59. The molecule has 22 heavy (non-hydrogen) atoms. The molecule has 0 saturated heterocycles. The zero-order valence-electron chi connectivity index (χ0n) is 12.9. The summed E-state index contributed by atoms with van der Waals surface area (Å²) in [6, 6.07) is 14.1. The van der Waals surface area contributed by atoms with Crippen LogP contribution >= 0.6 is 23.2 Å². The lowest BCUT2D eigenvalue weighted by Crippen LogP contribution is -2.24. The highest BCUT2D eigenvalue weighted by molar-refractivity contribution is 6.35. The second-order valence-corrected chi connectivity index (χ2v) is 6.14. The second kappa shape index (κ2) is 8.42. The Morgan fingerprint density at radius 1 is 1.05 bits per heavy atom. The van der Waals surface area contributed by atoms with E-state index >= 15 is 0 Å². The van der Waals surface area contributed by atoms with Crippen molar-refractivity contribution in [3.8, 4) is 5.75 Å². The van der Waals surface area contributed by atoms with Gasteiger partial charge in [-0.15, -0.1) is 0 Å². The molecule has 2 nitrogen and oxygen atoms in total. The first-order valence-corrected chi connectivity index (χ1v) is 8.23. The highest BCUT2D eigenvalue weighted by atomic mass is 35.5. The molecule has 4 heteroatoms. The molecule has 0 unspecified atom stereocenters. The monoisotopic (exact) mass is 337 g/mol. The van der Waals surface area contributed by atoms with Gasteiger partial charge in [0.2, 0.25) is 0 Å². The number of hydrogen-bond donors (Lipinski definition) is 1. The predicted molar refractivity (Wildman–Crippen MR) is 93.8 cm³/mol. The third kappa shape index (κ3) is 4.91. The van der Waals surface area contributed by atoms with Crippen LogP contribution in [0.15, 0.2) is 42.5 Å². The van der Waals surface area contributed by atoms with Crippen LogP contribution < -0.4 is 10.1 Å². The third-order valence-electron chi connectivity index (χ3n) is 3.64. The van der Waals surface area contributed by atoms with Gasteiger partial charge in [-0.3, -0.25) is 0 Å². The summed E-state index contributed by atoms with van der Waals surface area (Å²) in [5, 5.41) is 4.72. The smallest absolute Gasteiger partial charge is 0.119 e. The van der Waals surface area contributed by atoms with Gasteiger partial charge in [0.05, 0.1) is 0 Å². The fraction of sp³-hybridized carbons (Fsp3) is 0.333. The molecule has 2 aromatic carbocycles. The number of benzene rings is 2. The van der Waals surface area contributed by atoms with Crippen LogP contribution in [0.5, 0.6) is 5.75 Å². The van der Waals surface area contributed by atoms with E-state index in [1.807, 2.05) is 30.3 Å². The van der Waals surface area contributed by atoms with Crippen molar-refractivity contribution in [2.24, 2.45) is 0 Å². The highest BCUT2D eigenvalue weighted by Gasteiger charge is 2.06. The predicted octanol–water partition coefficient (Wildman–Crippen LogP) is 5.46. The van der Waals surface area contributed by atoms with Crippen LogP contribution in [0.3, 0.4) is 0 Å². The molecule has 2 aromatic rings. The molecule has 1 atom stereocenters. The van der Waals surface area contributed by atoms with E-state index in [1.54, 1.807) is 0 Å². The summed E-state index contributed by atoms with van der Waals surface area (Å²) in [4.78, 5) is 0. The van der Waals surface area contributed by atoms with Crippen LogP contribution in [-0.4, -0.2) is 6.04 Å². The Labute approximate surface area is 142 Å². The molecule has 0 aliphatic heterocycles. The van der Waals surface area contributed by atoms with E-state index in [1.165, 1.54) is 5.56 Å². The average molecular weight is 338 g/mol. The first kappa shape index (κ1) is 17.1. The van der Waals surface area contributed by atoms with Gasteiger partial charge < -0.3 is 10.1 Å². The summed E-state index contributed by atoms with van der Waals surface area (Å²) >= 11 is 12.3. The van der Waals surface area contributed by atoms with Crippen LogP contribution in [0.25, 0.3) is 0 Å². The molecule has 1 N–H and O–H groups in total. The maximum absolute atomic E-state index is 6.13. The molecule has 0 amide bonds.